The molecule has 0 bridgehead atoms. The molecule has 0 aliphatic carbocycles. The number of nitrogens with one attached hydrogen (secondary N) is 2. The number of hydrogen-bond donors (Lipinski definition) is 2. The second kappa shape index (κ2) is 10.3. The van der Waals surface area contributed by atoms with Crippen molar-refractivity contribution in [2.24, 2.45) is 0 Å². The Morgan fingerprint density at radius 2 is 1.65 bits per heavy atom. The summed E-state index contributed by atoms with van der Waals surface area (Å²) in [6, 6.07) is 14.5. The Balaban J connectivity index is 1.57. The average Bonchev–Trinajstić information content (AvgIpc) is 3.02. The van der Waals surface area contributed by atoms with Crippen molar-refractivity contribution in [3.63, 3.8) is 0 Å². The fourth-order valence-electron chi connectivity index (χ4n) is 3.41. The molecule has 0 atom stereocenters. The standard InChI is InChI=1S/C24H30N4O2S/c1-16-6-8-20(9-7-16)15-28-18(3)23(17(2)27-28)26-24(31)25-13-12-19-10-11-21(29-4)22(14-19)30-5/h6-11,14H,12-13,15H2,1-5H3,(H2,25,26,31). The summed E-state index contributed by atoms with van der Waals surface area (Å²) in [7, 11) is 3.28. The number of aryl methyl sites for hydroxylation is 2. The quantitative estimate of drug-likeness (QED) is 0.508. The summed E-state index contributed by atoms with van der Waals surface area (Å²) in [5, 5.41) is 11.9. The molecule has 2 aromatic carbocycles. The first kappa shape index (κ1) is 22.6. The van der Waals surface area contributed by atoms with Gasteiger partial charge in [0.05, 0.1) is 37.8 Å². The summed E-state index contributed by atoms with van der Waals surface area (Å²) in [6.07, 6.45) is 0.812. The minimum atomic E-state index is 0.585. The van der Waals surface area contributed by atoms with Crippen LogP contribution in [-0.4, -0.2) is 35.7 Å². The lowest BCUT2D eigenvalue weighted by atomic mass is 10.1. The first-order valence-corrected chi connectivity index (χ1v) is 10.7. The van der Waals surface area contributed by atoms with Gasteiger partial charge in [-0.25, -0.2) is 0 Å². The van der Waals surface area contributed by atoms with Crippen LogP contribution in [0.1, 0.15) is 28.1 Å². The van der Waals surface area contributed by atoms with Crippen LogP contribution in [0.4, 0.5) is 5.69 Å². The Bertz CT molecular complexity index is 1040. The highest BCUT2D eigenvalue weighted by Gasteiger charge is 2.13. The summed E-state index contributed by atoms with van der Waals surface area (Å²) < 4.78 is 12.7. The van der Waals surface area contributed by atoms with Gasteiger partial charge in [0, 0.05) is 6.54 Å². The van der Waals surface area contributed by atoms with Crippen LogP contribution in [0.15, 0.2) is 42.5 Å². The van der Waals surface area contributed by atoms with Gasteiger partial charge in [-0.1, -0.05) is 35.9 Å². The van der Waals surface area contributed by atoms with E-state index in [9.17, 15) is 0 Å². The third kappa shape index (κ3) is 5.76. The minimum Gasteiger partial charge on any atom is -0.493 e. The van der Waals surface area contributed by atoms with Gasteiger partial charge in [0.2, 0.25) is 0 Å². The number of aromatic nitrogens is 2. The van der Waals surface area contributed by atoms with Crippen LogP contribution >= 0.6 is 12.2 Å². The fourth-order valence-corrected chi connectivity index (χ4v) is 3.62. The Morgan fingerprint density at radius 1 is 0.968 bits per heavy atom. The molecular formula is C24H30N4O2S. The van der Waals surface area contributed by atoms with E-state index in [2.05, 4.69) is 53.8 Å². The summed E-state index contributed by atoms with van der Waals surface area (Å²) >= 11 is 5.51. The highest BCUT2D eigenvalue weighted by atomic mass is 32.1. The first-order valence-electron chi connectivity index (χ1n) is 10.3. The lowest BCUT2D eigenvalue weighted by Crippen LogP contribution is -2.30. The predicted molar refractivity (Wildman–Crippen MR) is 129 cm³/mol. The predicted octanol–water partition coefficient (Wildman–Crippen LogP) is 4.40. The normalized spacial score (nSPS) is 10.6. The van der Waals surface area contributed by atoms with Crippen molar-refractivity contribution < 1.29 is 9.47 Å². The van der Waals surface area contributed by atoms with Gasteiger partial charge >= 0.3 is 0 Å². The lowest BCUT2D eigenvalue weighted by molar-refractivity contribution is 0.354. The number of rotatable bonds is 8. The summed E-state index contributed by atoms with van der Waals surface area (Å²) in [6.45, 7) is 7.58. The van der Waals surface area contributed by atoms with Gasteiger partial charge in [-0.2, -0.15) is 5.10 Å². The van der Waals surface area contributed by atoms with E-state index in [1.165, 1.54) is 11.1 Å². The van der Waals surface area contributed by atoms with Crippen molar-refractivity contribution in [3.05, 3.63) is 70.5 Å². The van der Waals surface area contributed by atoms with Gasteiger partial charge in [0.25, 0.3) is 0 Å². The highest BCUT2D eigenvalue weighted by Crippen LogP contribution is 2.27. The molecule has 7 heteroatoms. The van der Waals surface area contributed by atoms with Crippen LogP contribution in [0.25, 0.3) is 0 Å². The first-order chi connectivity index (χ1) is 14.9. The number of hydrogen-bond acceptors (Lipinski definition) is 4. The van der Waals surface area contributed by atoms with Crippen molar-refractivity contribution in [2.45, 2.75) is 33.7 Å². The largest absolute Gasteiger partial charge is 0.493 e. The monoisotopic (exact) mass is 438 g/mol. The van der Waals surface area contributed by atoms with Crippen molar-refractivity contribution in [2.75, 3.05) is 26.1 Å². The molecule has 164 valence electrons. The van der Waals surface area contributed by atoms with E-state index < -0.39 is 0 Å². The Kier molecular flexibility index (Phi) is 7.52. The van der Waals surface area contributed by atoms with Gasteiger partial charge in [0.1, 0.15) is 0 Å². The van der Waals surface area contributed by atoms with Gasteiger partial charge in [0.15, 0.2) is 16.6 Å². The molecular weight excluding hydrogens is 408 g/mol. The maximum Gasteiger partial charge on any atom is 0.170 e. The van der Waals surface area contributed by atoms with Crippen molar-refractivity contribution in [1.82, 2.24) is 15.1 Å². The van der Waals surface area contributed by atoms with Gasteiger partial charge in [-0.05, 0) is 62.7 Å². The van der Waals surface area contributed by atoms with Crippen LogP contribution in [-0.2, 0) is 13.0 Å². The molecule has 0 radical (unpaired) electrons. The van der Waals surface area contributed by atoms with Crippen LogP contribution in [0, 0.1) is 20.8 Å². The molecule has 0 spiro atoms. The third-order valence-electron chi connectivity index (χ3n) is 5.22. The van der Waals surface area contributed by atoms with E-state index >= 15 is 0 Å². The van der Waals surface area contributed by atoms with Gasteiger partial charge in [-0.15, -0.1) is 0 Å². The fraction of sp³-hybridized carbons (Fsp3) is 0.333. The maximum atomic E-state index is 5.51. The van der Waals surface area contributed by atoms with Crippen LogP contribution in [0.3, 0.4) is 0 Å². The molecule has 0 fully saturated rings. The second-order valence-corrected chi connectivity index (χ2v) is 7.92. The summed E-state index contributed by atoms with van der Waals surface area (Å²) in [5.74, 6) is 1.46. The molecule has 0 aliphatic rings. The molecule has 0 saturated carbocycles. The SMILES string of the molecule is COc1ccc(CCNC(=S)Nc2c(C)nn(Cc3ccc(C)cc3)c2C)cc1OC. The molecule has 0 aliphatic heterocycles. The average molecular weight is 439 g/mol. The van der Waals surface area contributed by atoms with E-state index in [0.29, 0.717) is 11.7 Å². The second-order valence-electron chi connectivity index (χ2n) is 7.51. The molecule has 3 rings (SSSR count). The Labute approximate surface area is 189 Å². The van der Waals surface area contributed by atoms with E-state index in [1.807, 2.05) is 29.8 Å². The molecule has 1 heterocycles. The zero-order valence-electron chi connectivity index (χ0n) is 18.8. The van der Waals surface area contributed by atoms with Crippen LogP contribution < -0.4 is 20.1 Å². The number of thiocarbonyl (C=S) groups is 1. The number of benzene rings is 2. The number of ether oxygens (including phenoxy) is 2. The van der Waals surface area contributed by atoms with Gasteiger partial charge in [-0.3, -0.25) is 4.68 Å². The molecule has 0 unspecified atom stereocenters. The third-order valence-corrected chi connectivity index (χ3v) is 5.47. The Hall–Kier alpha value is -3.06. The molecule has 31 heavy (non-hydrogen) atoms. The van der Waals surface area contributed by atoms with Crippen LogP contribution in [0.5, 0.6) is 11.5 Å². The molecule has 0 amide bonds. The lowest BCUT2D eigenvalue weighted by Gasteiger charge is -2.12. The number of anilines is 1. The maximum absolute atomic E-state index is 5.51. The van der Waals surface area contributed by atoms with Crippen LogP contribution in [0.2, 0.25) is 0 Å². The molecule has 1 aromatic heterocycles. The van der Waals surface area contributed by atoms with E-state index in [1.54, 1.807) is 14.2 Å². The molecule has 6 nitrogen and oxygen atoms in total. The highest BCUT2D eigenvalue weighted by molar-refractivity contribution is 7.80. The summed E-state index contributed by atoms with van der Waals surface area (Å²) in [5.41, 5.74) is 6.56. The van der Waals surface area contributed by atoms with E-state index in [4.69, 9.17) is 21.7 Å². The van der Waals surface area contributed by atoms with E-state index in [0.717, 1.165) is 47.1 Å². The smallest absolute Gasteiger partial charge is 0.170 e. The molecule has 0 saturated heterocycles. The topological polar surface area (TPSA) is 60.3 Å². The van der Waals surface area contributed by atoms with Crippen molar-refractivity contribution in [1.29, 1.82) is 0 Å². The van der Waals surface area contributed by atoms with Gasteiger partial charge < -0.3 is 20.1 Å². The van der Waals surface area contributed by atoms with Crippen molar-refractivity contribution in [3.8, 4) is 11.5 Å². The zero-order chi connectivity index (χ0) is 22.4. The molecule has 2 N–H and O–H groups in total. The summed E-state index contributed by atoms with van der Waals surface area (Å²) in [4.78, 5) is 0. The number of nitrogens with zero attached hydrogens (tertiary/aromatic N) is 2. The minimum absolute atomic E-state index is 0.585. The zero-order valence-corrected chi connectivity index (χ0v) is 19.6. The van der Waals surface area contributed by atoms with Crippen molar-refractivity contribution >= 4 is 23.0 Å². The number of methoxy groups -OCH3 is 2. The van der Waals surface area contributed by atoms with E-state index in [-0.39, 0.29) is 0 Å². The molecule has 3 aromatic rings. The Morgan fingerprint density at radius 3 is 2.32 bits per heavy atom.